The van der Waals surface area contributed by atoms with Crippen LogP contribution in [0.25, 0.3) is 0 Å². The average molecular weight is 358 g/mol. The van der Waals surface area contributed by atoms with Gasteiger partial charge in [-0.3, -0.25) is 14.4 Å². The molecule has 1 heterocycles. The van der Waals surface area contributed by atoms with Crippen molar-refractivity contribution in [3.05, 3.63) is 35.9 Å². The van der Waals surface area contributed by atoms with E-state index < -0.39 is 5.97 Å². The molecule has 1 saturated carbocycles. The molecule has 26 heavy (non-hydrogen) atoms. The molecule has 1 aromatic carbocycles. The zero-order valence-electron chi connectivity index (χ0n) is 15.0. The second kappa shape index (κ2) is 8.34. The maximum absolute atomic E-state index is 12.8. The Morgan fingerprint density at radius 2 is 1.38 bits per heavy atom. The number of benzene rings is 1. The Bertz CT molecular complexity index is 653. The zero-order valence-corrected chi connectivity index (χ0v) is 15.0. The van der Waals surface area contributed by atoms with Crippen LogP contribution in [-0.2, 0) is 9.59 Å². The fourth-order valence-corrected chi connectivity index (χ4v) is 3.95. The molecule has 140 valence electrons. The number of carbonyl (C=O) groups excluding carboxylic acids is 2. The predicted molar refractivity (Wildman–Crippen MR) is 96.6 cm³/mol. The largest absolute Gasteiger partial charge is 0.481 e. The molecular weight excluding hydrogens is 332 g/mol. The van der Waals surface area contributed by atoms with E-state index in [1.165, 1.54) is 0 Å². The van der Waals surface area contributed by atoms with E-state index in [9.17, 15) is 14.4 Å². The summed E-state index contributed by atoms with van der Waals surface area (Å²) in [5.74, 6) is -0.977. The number of carbonyl (C=O) groups is 3. The molecule has 0 radical (unpaired) electrons. The van der Waals surface area contributed by atoms with Gasteiger partial charge in [-0.1, -0.05) is 18.2 Å². The van der Waals surface area contributed by atoms with Gasteiger partial charge in [0.1, 0.15) is 0 Å². The Labute approximate surface area is 153 Å². The van der Waals surface area contributed by atoms with Gasteiger partial charge < -0.3 is 14.9 Å². The summed E-state index contributed by atoms with van der Waals surface area (Å²) in [6.45, 7) is 2.42. The number of nitrogens with zero attached hydrogens (tertiary/aromatic N) is 2. The van der Waals surface area contributed by atoms with Gasteiger partial charge in [0, 0.05) is 37.7 Å². The molecular formula is C20H26N2O4. The average Bonchev–Trinajstić information content (AvgIpc) is 2.94. The molecule has 1 aliphatic heterocycles. The fraction of sp³-hybridized carbons (Fsp3) is 0.550. The topological polar surface area (TPSA) is 77.9 Å². The van der Waals surface area contributed by atoms with Gasteiger partial charge in [-0.2, -0.15) is 0 Å². The number of carboxylic acid groups (broad SMARTS) is 1. The van der Waals surface area contributed by atoms with Gasteiger partial charge in [-0.05, 0) is 44.2 Å². The molecule has 2 aliphatic rings. The predicted octanol–water partition coefficient (Wildman–Crippen LogP) is 2.25. The first kappa shape index (κ1) is 18.4. The molecule has 6 nitrogen and oxygen atoms in total. The number of amides is 2. The summed E-state index contributed by atoms with van der Waals surface area (Å²) in [5, 5.41) is 9.09. The van der Waals surface area contributed by atoms with Crippen molar-refractivity contribution in [1.29, 1.82) is 0 Å². The Balaban J connectivity index is 1.54. The maximum atomic E-state index is 12.8. The molecule has 0 bridgehead atoms. The smallest absolute Gasteiger partial charge is 0.306 e. The monoisotopic (exact) mass is 358 g/mol. The minimum absolute atomic E-state index is 0.0156. The molecule has 1 N–H and O–H groups in total. The lowest BCUT2D eigenvalue weighted by molar-refractivity contribution is -0.145. The number of carboxylic acids is 1. The zero-order chi connectivity index (χ0) is 18.5. The molecule has 0 unspecified atom stereocenters. The van der Waals surface area contributed by atoms with Gasteiger partial charge in [0.05, 0.1) is 5.92 Å². The van der Waals surface area contributed by atoms with Crippen molar-refractivity contribution in [2.75, 3.05) is 26.2 Å². The van der Waals surface area contributed by atoms with Crippen molar-refractivity contribution >= 4 is 17.8 Å². The van der Waals surface area contributed by atoms with Crippen LogP contribution in [-0.4, -0.2) is 58.9 Å². The quantitative estimate of drug-likeness (QED) is 0.899. The number of rotatable bonds is 3. The highest BCUT2D eigenvalue weighted by molar-refractivity contribution is 5.94. The molecule has 1 aliphatic carbocycles. The first-order chi connectivity index (χ1) is 12.6. The van der Waals surface area contributed by atoms with Crippen LogP contribution in [0.3, 0.4) is 0 Å². The van der Waals surface area contributed by atoms with Crippen molar-refractivity contribution in [2.24, 2.45) is 11.8 Å². The summed E-state index contributed by atoms with van der Waals surface area (Å²) in [6.07, 6.45) is 3.24. The standard InChI is InChI=1S/C20H26N2O4/c23-18(15-5-2-1-3-6-15)21-11-4-12-22(14-13-21)19(24)16-7-9-17(10-8-16)20(25)26/h1-3,5-6,16-17H,4,7-14H2,(H,25,26). The second-order valence-corrected chi connectivity index (χ2v) is 7.22. The normalized spacial score (nSPS) is 24.0. The second-order valence-electron chi connectivity index (χ2n) is 7.22. The maximum Gasteiger partial charge on any atom is 0.306 e. The van der Waals surface area contributed by atoms with Gasteiger partial charge in [0.2, 0.25) is 5.91 Å². The lowest BCUT2D eigenvalue weighted by Crippen LogP contribution is -2.41. The highest BCUT2D eigenvalue weighted by atomic mass is 16.4. The molecule has 6 heteroatoms. The van der Waals surface area contributed by atoms with Crippen LogP contribution in [0.1, 0.15) is 42.5 Å². The third-order valence-corrected chi connectivity index (χ3v) is 5.54. The van der Waals surface area contributed by atoms with Crippen LogP contribution in [0.2, 0.25) is 0 Å². The summed E-state index contributed by atoms with van der Waals surface area (Å²) in [6, 6.07) is 9.23. The van der Waals surface area contributed by atoms with E-state index in [4.69, 9.17) is 5.11 Å². The number of hydrogen-bond acceptors (Lipinski definition) is 3. The Hall–Kier alpha value is -2.37. The summed E-state index contributed by atoms with van der Waals surface area (Å²) < 4.78 is 0. The number of hydrogen-bond donors (Lipinski definition) is 1. The molecule has 2 amide bonds. The third-order valence-electron chi connectivity index (χ3n) is 5.54. The minimum Gasteiger partial charge on any atom is -0.481 e. The van der Waals surface area contributed by atoms with E-state index in [1.807, 2.05) is 40.1 Å². The molecule has 0 spiro atoms. The van der Waals surface area contributed by atoms with Crippen LogP contribution in [0.4, 0.5) is 0 Å². The third kappa shape index (κ3) is 4.23. The summed E-state index contributed by atoms with van der Waals surface area (Å²) in [7, 11) is 0. The first-order valence-corrected chi connectivity index (χ1v) is 9.42. The summed E-state index contributed by atoms with van der Waals surface area (Å²) in [5.41, 5.74) is 0.680. The Morgan fingerprint density at radius 3 is 2.04 bits per heavy atom. The molecule has 1 saturated heterocycles. The van der Waals surface area contributed by atoms with E-state index >= 15 is 0 Å². The first-order valence-electron chi connectivity index (χ1n) is 9.42. The lowest BCUT2D eigenvalue weighted by Gasteiger charge is -2.30. The Kier molecular flexibility index (Phi) is 5.91. The molecule has 0 aromatic heterocycles. The van der Waals surface area contributed by atoms with Crippen molar-refractivity contribution in [3.63, 3.8) is 0 Å². The van der Waals surface area contributed by atoms with Crippen molar-refractivity contribution in [3.8, 4) is 0 Å². The van der Waals surface area contributed by atoms with E-state index in [0.717, 1.165) is 6.42 Å². The molecule has 1 aromatic rings. The van der Waals surface area contributed by atoms with Crippen molar-refractivity contribution in [2.45, 2.75) is 32.1 Å². The fourth-order valence-electron chi connectivity index (χ4n) is 3.95. The Morgan fingerprint density at radius 1 is 0.808 bits per heavy atom. The van der Waals surface area contributed by atoms with Crippen LogP contribution in [0.15, 0.2) is 30.3 Å². The van der Waals surface area contributed by atoms with Gasteiger partial charge in [0.25, 0.3) is 5.91 Å². The van der Waals surface area contributed by atoms with Crippen LogP contribution in [0, 0.1) is 11.8 Å². The van der Waals surface area contributed by atoms with E-state index in [1.54, 1.807) is 0 Å². The van der Waals surface area contributed by atoms with Crippen LogP contribution >= 0.6 is 0 Å². The van der Waals surface area contributed by atoms with Crippen molar-refractivity contribution < 1.29 is 19.5 Å². The van der Waals surface area contributed by atoms with Gasteiger partial charge in [-0.15, -0.1) is 0 Å². The lowest BCUT2D eigenvalue weighted by atomic mass is 9.81. The SMILES string of the molecule is O=C(O)C1CCC(C(=O)N2CCCN(C(=O)c3ccccc3)CC2)CC1. The van der Waals surface area contributed by atoms with Gasteiger partial charge in [-0.25, -0.2) is 0 Å². The van der Waals surface area contributed by atoms with E-state index in [2.05, 4.69) is 0 Å². The molecule has 0 atom stereocenters. The van der Waals surface area contributed by atoms with Gasteiger partial charge >= 0.3 is 5.97 Å². The minimum atomic E-state index is -0.749. The van der Waals surface area contributed by atoms with Crippen LogP contribution < -0.4 is 0 Å². The summed E-state index contributed by atoms with van der Waals surface area (Å²) >= 11 is 0. The summed E-state index contributed by atoms with van der Waals surface area (Å²) in [4.78, 5) is 40.2. The molecule has 3 rings (SSSR count). The van der Waals surface area contributed by atoms with E-state index in [-0.39, 0.29) is 23.7 Å². The van der Waals surface area contributed by atoms with Crippen LogP contribution in [0.5, 0.6) is 0 Å². The highest BCUT2D eigenvalue weighted by Gasteiger charge is 2.33. The van der Waals surface area contributed by atoms with Gasteiger partial charge in [0.15, 0.2) is 0 Å². The highest BCUT2D eigenvalue weighted by Crippen LogP contribution is 2.30. The number of aliphatic carboxylic acids is 1. The molecule has 2 fully saturated rings. The van der Waals surface area contributed by atoms with Crippen molar-refractivity contribution in [1.82, 2.24) is 9.80 Å². The van der Waals surface area contributed by atoms with E-state index in [0.29, 0.717) is 57.4 Å².